The summed E-state index contributed by atoms with van der Waals surface area (Å²) >= 11 is 0. The first kappa shape index (κ1) is 21.5. The van der Waals surface area contributed by atoms with Gasteiger partial charge in [-0.2, -0.15) is 0 Å². The van der Waals surface area contributed by atoms with Gasteiger partial charge in [-0.1, -0.05) is 36.4 Å². The summed E-state index contributed by atoms with van der Waals surface area (Å²) in [5, 5.41) is 0. The molecule has 2 heterocycles. The Hall–Kier alpha value is -3.25. The van der Waals surface area contributed by atoms with Crippen molar-refractivity contribution in [1.29, 1.82) is 0 Å². The van der Waals surface area contributed by atoms with Crippen molar-refractivity contribution in [3.8, 4) is 0 Å². The van der Waals surface area contributed by atoms with E-state index in [0.29, 0.717) is 31.8 Å². The van der Waals surface area contributed by atoms with Gasteiger partial charge in [0.2, 0.25) is 0 Å². The highest BCUT2D eigenvalue weighted by atomic mass is 16.5. The molecular formula is C24H27N3O3. The molecule has 0 spiro atoms. The van der Waals surface area contributed by atoms with E-state index in [1.807, 2.05) is 54.6 Å². The highest BCUT2D eigenvalue weighted by Gasteiger charge is 2.22. The van der Waals surface area contributed by atoms with Gasteiger partial charge in [-0.15, -0.1) is 0 Å². The van der Waals surface area contributed by atoms with Crippen LogP contribution in [-0.4, -0.2) is 40.6 Å². The highest BCUT2D eigenvalue weighted by molar-refractivity contribution is 5.95. The summed E-state index contributed by atoms with van der Waals surface area (Å²) in [6, 6.07) is 17.4. The predicted molar refractivity (Wildman–Crippen MR) is 116 cm³/mol. The molecule has 6 nitrogen and oxygen atoms in total. The third-order valence-corrected chi connectivity index (χ3v) is 5.00. The lowest BCUT2D eigenvalue weighted by Crippen LogP contribution is -2.39. The molecule has 0 atom stereocenters. The Morgan fingerprint density at radius 1 is 1.10 bits per heavy atom. The monoisotopic (exact) mass is 405 g/mol. The molecule has 1 amide bonds. The van der Waals surface area contributed by atoms with Gasteiger partial charge in [0.25, 0.3) is 11.5 Å². The topological polar surface area (TPSA) is 64.4 Å². The number of carbonyl (C=O) groups excluding carboxylic acids is 1. The number of aryl methyl sites for hydroxylation is 3. The average molecular weight is 405 g/mol. The molecule has 0 saturated carbocycles. The lowest BCUT2D eigenvalue weighted by molar-refractivity contribution is 0.0674. The fourth-order valence-electron chi connectivity index (χ4n) is 3.29. The average Bonchev–Trinajstić information content (AvgIpc) is 2.77. The van der Waals surface area contributed by atoms with Gasteiger partial charge < -0.3 is 14.2 Å². The van der Waals surface area contributed by atoms with Crippen LogP contribution in [0.4, 0.5) is 0 Å². The Bertz CT molecular complexity index is 1020. The largest absolute Gasteiger partial charge is 0.383 e. The maximum Gasteiger partial charge on any atom is 0.263 e. The van der Waals surface area contributed by atoms with Crippen LogP contribution in [0.25, 0.3) is 0 Å². The summed E-state index contributed by atoms with van der Waals surface area (Å²) in [5.74, 6) is -0.297. The molecule has 0 aliphatic heterocycles. The van der Waals surface area contributed by atoms with Crippen molar-refractivity contribution in [2.45, 2.75) is 26.4 Å². The lowest BCUT2D eigenvalue weighted by Gasteiger charge is -2.23. The lowest BCUT2D eigenvalue weighted by atomic mass is 10.1. The number of ether oxygens (including phenoxy) is 1. The molecule has 1 aromatic carbocycles. The fraction of sp³-hybridized carbons (Fsp3) is 0.292. The molecule has 2 aromatic heterocycles. The number of amides is 1. The SMILES string of the molecule is COCCN(Cc1ccccn1)C(=O)c1c(C)ccn(CCc2ccccc2)c1=O. The van der Waals surface area contributed by atoms with Crippen LogP contribution in [0.3, 0.4) is 0 Å². The minimum Gasteiger partial charge on any atom is -0.383 e. The first-order chi connectivity index (χ1) is 14.6. The van der Waals surface area contributed by atoms with E-state index >= 15 is 0 Å². The van der Waals surface area contributed by atoms with Crippen molar-refractivity contribution in [2.75, 3.05) is 20.3 Å². The molecule has 3 rings (SSSR count). The maximum absolute atomic E-state index is 13.4. The van der Waals surface area contributed by atoms with Gasteiger partial charge in [-0.05, 0) is 42.7 Å². The number of pyridine rings is 2. The highest BCUT2D eigenvalue weighted by Crippen LogP contribution is 2.11. The number of carbonyl (C=O) groups is 1. The van der Waals surface area contributed by atoms with Crippen molar-refractivity contribution in [1.82, 2.24) is 14.5 Å². The summed E-state index contributed by atoms with van der Waals surface area (Å²) in [6.45, 7) is 3.39. The zero-order chi connectivity index (χ0) is 21.3. The molecule has 0 radical (unpaired) electrons. The third-order valence-electron chi connectivity index (χ3n) is 5.00. The standard InChI is InChI=1S/C24H27N3O3/c1-19-11-14-26(15-12-20-8-4-3-5-9-20)23(28)22(19)24(29)27(16-17-30-2)18-21-10-6-7-13-25-21/h3-11,13-14H,12,15-18H2,1-2H3. The molecule has 0 unspecified atom stereocenters. The Kier molecular flexibility index (Phi) is 7.51. The zero-order valence-electron chi connectivity index (χ0n) is 17.5. The first-order valence-electron chi connectivity index (χ1n) is 10.0. The van der Waals surface area contributed by atoms with Gasteiger partial charge >= 0.3 is 0 Å². The molecule has 0 saturated heterocycles. The van der Waals surface area contributed by atoms with E-state index in [1.54, 1.807) is 35.9 Å². The van der Waals surface area contributed by atoms with Gasteiger partial charge in [0.1, 0.15) is 5.56 Å². The van der Waals surface area contributed by atoms with Gasteiger partial charge in [0.15, 0.2) is 0 Å². The molecule has 156 valence electrons. The minimum atomic E-state index is -0.297. The summed E-state index contributed by atoms with van der Waals surface area (Å²) in [7, 11) is 1.59. The van der Waals surface area contributed by atoms with E-state index in [0.717, 1.165) is 17.7 Å². The predicted octanol–water partition coefficient (Wildman–Crippen LogP) is 3.08. The Labute approximate surface area is 176 Å². The minimum absolute atomic E-state index is 0.206. The molecule has 0 fully saturated rings. The maximum atomic E-state index is 13.4. The number of hydrogen-bond acceptors (Lipinski definition) is 4. The van der Waals surface area contributed by atoms with E-state index in [1.165, 1.54) is 0 Å². The quantitative estimate of drug-likeness (QED) is 0.549. The van der Waals surface area contributed by atoms with Crippen LogP contribution in [0.5, 0.6) is 0 Å². The molecule has 0 bridgehead atoms. The van der Waals surface area contributed by atoms with Crippen molar-refractivity contribution in [3.05, 3.63) is 99.7 Å². The summed E-state index contributed by atoms with van der Waals surface area (Å²) < 4.78 is 6.78. The van der Waals surface area contributed by atoms with E-state index in [4.69, 9.17) is 4.74 Å². The molecule has 30 heavy (non-hydrogen) atoms. The van der Waals surface area contributed by atoms with E-state index < -0.39 is 0 Å². The summed E-state index contributed by atoms with van der Waals surface area (Å²) in [6.07, 6.45) is 4.17. The fourth-order valence-corrected chi connectivity index (χ4v) is 3.29. The second-order valence-corrected chi connectivity index (χ2v) is 7.15. The van der Waals surface area contributed by atoms with Crippen LogP contribution >= 0.6 is 0 Å². The Morgan fingerprint density at radius 2 is 1.87 bits per heavy atom. The van der Waals surface area contributed by atoms with Crippen LogP contribution in [0.1, 0.15) is 27.2 Å². The third kappa shape index (κ3) is 5.42. The normalized spacial score (nSPS) is 10.7. The van der Waals surface area contributed by atoms with Crippen molar-refractivity contribution >= 4 is 5.91 Å². The first-order valence-corrected chi connectivity index (χ1v) is 10.0. The molecular weight excluding hydrogens is 378 g/mol. The van der Waals surface area contributed by atoms with E-state index in [9.17, 15) is 9.59 Å². The smallest absolute Gasteiger partial charge is 0.263 e. The number of aromatic nitrogens is 2. The molecule has 0 aliphatic carbocycles. The van der Waals surface area contributed by atoms with Crippen LogP contribution in [0.2, 0.25) is 0 Å². The Morgan fingerprint density at radius 3 is 2.57 bits per heavy atom. The van der Waals surface area contributed by atoms with Gasteiger partial charge in [-0.25, -0.2) is 0 Å². The van der Waals surface area contributed by atoms with Crippen LogP contribution in [-0.2, 0) is 24.2 Å². The second-order valence-electron chi connectivity index (χ2n) is 7.15. The molecule has 0 N–H and O–H groups in total. The van der Waals surface area contributed by atoms with Gasteiger partial charge in [0.05, 0.1) is 18.8 Å². The Balaban J connectivity index is 1.85. The number of nitrogens with zero attached hydrogens (tertiary/aromatic N) is 3. The van der Waals surface area contributed by atoms with Crippen molar-refractivity contribution < 1.29 is 9.53 Å². The van der Waals surface area contributed by atoms with E-state index in [2.05, 4.69) is 4.98 Å². The van der Waals surface area contributed by atoms with Crippen LogP contribution < -0.4 is 5.56 Å². The van der Waals surface area contributed by atoms with Crippen molar-refractivity contribution in [2.24, 2.45) is 0 Å². The molecule has 6 heteroatoms. The summed E-state index contributed by atoms with van der Waals surface area (Å²) in [5.41, 5.74) is 2.52. The van der Waals surface area contributed by atoms with Gasteiger partial charge in [-0.3, -0.25) is 14.6 Å². The second kappa shape index (κ2) is 10.5. The van der Waals surface area contributed by atoms with Crippen LogP contribution in [0, 0.1) is 6.92 Å². The van der Waals surface area contributed by atoms with Crippen molar-refractivity contribution in [3.63, 3.8) is 0 Å². The van der Waals surface area contributed by atoms with E-state index in [-0.39, 0.29) is 17.0 Å². The number of methoxy groups -OCH3 is 1. The molecule has 0 aliphatic rings. The van der Waals surface area contributed by atoms with Crippen LogP contribution in [0.15, 0.2) is 71.8 Å². The van der Waals surface area contributed by atoms with Gasteiger partial charge in [0, 0.05) is 32.6 Å². The molecule has 3 aromatic rings. The number of hydrogen-bond donors (Lipinski definition) is 0. The zero-order valence-corrected chi connectivity index (χ0v) is 17.5. The summed E-state index contributed by atoms with van der Waals surface area (Å²) in [4.78, 5) is 32.4. The number of benzene rings is 1. The number of rotatable bonds is 9.